The van der Waals surface area contributed by atoms with Gasteiger partial charge in [-0.15, -0.1) is 0 Å². The lowest BCUT2D eigenvalue weighted by molar-refractivity contribution is 0.0949. The number of pyridine rings is 1. The molecule has 1 amide bonds. The van der Waals surface area contributed by atoms with E-state index in [9.17, 15) is 4.79 Å². The Hall–Kier alpha value is -1.09. The third-order valence-electron chi connectivity index (χ3n) is 3.09. The highest BCUT2D eigenvalue weighted by Crippen LogP contribution is 2.29. The molecule has 0 saturated heterocycles. The Morgan fingerprint density at radius 3 is 2.71 bits per heavy atom. The number of hydrogen-bond acceptors (Lipinski definition) is 2. The number of carbonyl (C=O) groups is 1. The lowest BCUT2D eigenvalue weighted by atomic mass is 10.1. The maximum atomic E-state index is 12.0. The van der Waals surface area contributed by atoms with Gasteiger partial charge in [0, 0.05) is 17.3 Å². The second-order valence-electron chi connectivity index (χ2n) is 5.05. The zero-order chi connectivity index (χ0) is 12.6. The smallest absolute Gasteiger partial charge is 0.251 e. The van der Waals surface area contributed by atoms with Gasteiger partial charge in [0.05, 0.1) is 0 Å². The van der Waals surface area contributed by atoms with E-state index in [2.05, 4.69) is 17.2 Å². The quantitative estimate of drug-likeness (QED) is 0.841. The van der Waals surface area contributed by atoms with E-state index in [4.69, 9.17) is 11.6 Å². The standard InChI is InChI=1S/C13H17ClN2O/c1-7(2)10-5-9(6-12(14)15-10)13(17)16-11-4-8(11)3/h5-8,11H,4H2,1-3H3,(H,16,17). The summed E-state index contributed by atoms with van der Waals surface area (Å²) in [4.78, 5) is 16.2. The first-order valence-corrected chi connectivity index (χ1v) is 6.33. The molecule has 1 aromatic heterocycles. The molecule has 2 unspecified atom stereocenters. The minimum Gasteiger partial charge on any atom is -0.349 e. The Morgan fingerprint density at radius 2 is 2.18 bits per heavy atom. The summed E-state index contributed by atoms with van der Waals surface area (Å²) in [7, 11) is 0. The Kier molecular flexibility index (Phi) is 3.38. The fourth-order valence-corrected chi connectivity index (χ4v) is 1.93. The van der Waals surface area contributed by atoms with Crippen LogP contribution in [0.15, 0.2) is 12.1 Å². The van der Waals surface area contributed by atoms with Crippen LogP contribution in [-0.2, 0) is 0 Å². The lowest BCUT2D eigenvalue weighted by Gasteiger charge is -2.09. The molecule has 1 heterocycles. The van der Waals surface area contributed by atoms with E-state index in [-0.39, 0.29) is 11.8 Å². The van der Waals surface area contributed by atoms with Crippen molar-refractivity contribution in [1.82, 2.24) is 10.3 Å². The topological polar surface area (TPSA) is 42.0 Å². The molecule has 1 aliphatic carbocycles. The molecule has 1 N–H and O–H groups in total. The summed E-state index contributed by atoms with van der Waals surface area (Å²) in [5, 5.41) is 3.37. The van der Waals surface area contributed by atoms with Crippen molar-refractivity contribution >= 4 is 17.5 Å². The monoisotopic (exact) mass is 252 g/mol. The van der Waals surface area contributed by atoms with E-state index in [1.165, 1.54) is 0 Å². The number of nitrogens with zero attached hydrogens (tertiary/aromatic N) is 1. The van der Waals surface area contributed by atoms with Crippen molar-refractivity contribution in [2.75, 3.05) is 0 Å². The van der Waals surface area contributed by atoms with Gasteiger partial charge in [0.15, 0.2) is 0 Å². The van der Waals surface area contributed by atoms with Crippen LogP contribution in [0.5, 0.6) is 0 Å². The van der Waals surface area contributed by atoms with E-state index in [0.29, 0.717) is 22.7 Å². The van der Waals surface area contributed by atoms with Gasteiger partial charge in [-0.1, -0.05) is 32.4 Å². The van der Waals surface area contributed by atoms with Crippen LogP contribution in [0.3, 0.4) is 0 Å². The summed E-state index contributed by atoms with van der Waals surface area (Å²) < 4.78 is 0. The highest BCUT2D eigenvalue weighted by Gasteiger charge is 2.34. The van der Waals surface area contributed by atoms with Gasteiger partial charge in [-0.05, 0) is 30.4 Å². The minimum absolute atomic E-state index is 0.0504. The number of amides is 1. The van der Waals surface area contributed by atoms with Crippen molar-refractivity contribution in [3.8, 4) is 0 Å². The van der Waals surface area contributed by atoms with Gasteiger partial charge in [0.1, 0.15) is 5.15 Å². The number of carbonyl (C=O) groups excluding carboxylic acids is 1. The average molecular weight is 253 g/mol. The Bertz CT molecular complexity index is 445. The van der Waals surface area contributed by atoms with Gasteiger partial charge in [0.25, 0.3) is 5.91 Å². The molecule has 0 spiro atoms. The van der Waals surface area contributed by atoms with Gasteiger partial charge in [-0.25, -0.2) is 4.98 Å². The zero-order valence-electron chi connectivity index (χ0n) is 10.3. The molecular formula is C13H17ClN2O. The van der Waals surface area contributed by atoms with E-state index >= 15 is 0 Å². The Morgan fingerprint density at radius 1 is 1.53 bits per heavy atom. The second-order valence-corrected chi connectivity index (χ2v) is 5.44. The average Bonchev–Trinajstić information content (AvgIpc) is 2.93. The molecular weight excluding hydrogens is 236 g/mol. The lowest BCUT2D eigenvalue weighted by Crippen LogP contribution is -2.26. The third kappa shape index (κ3) is 2.97. The normalized spacial score (nSPS) is 22.6. The van der Waals surface area contributed by atoms with Gasteiger partial charge in [-0.3, -0.25) is 4.79 Å². The fraction of sp³-hybridized carbons (Fsp3) is 0.538. The molecule has 1 saturated carbocycles. The van der Waals surface area contributed by atoms with Crippen LogP contribution in [0.4, 0.5) is 0 Å². The summed E-state index contributed by atoms with van der Waals surface area (Å²) in [6.45, 7) is 6.19. The molecule has 4 heteroatoms. The molecule has 3 nitrogen and oxygen atoms in total. The number of nitrogens with one attached hydrogen (secondary N) is 1. The van der Waals surface area contributed by atoms with E-state index in [1.807, 2.05) is 19.9 Å². The predicted molar refractivity (Wildman–Crippen MR) is 68.4 cm³/mol. The van der Waals surface area contributed by atoms with Gasteiger partial charge >= 0.3 is 0 Å². The van der Waals surface area contributed by atoms with Crippen molar-refractivity contribution in [3.63, 3.8) is 0 Å². The minimum atomic E-state index is -0.0504. The van der Waals surface area contributed by atoms with Crippen LogP contribution in [0.2, 0.25) is 5.15 Å². The first-order chi connectivity index (χ1) is 7.97. The zero-order valence-corrected chi connectivity index (χ0v) is 11.1. The van der Waals surface area contributed by atoms with Crippen molar-refractivity contribution in [2.45, 2.75) is 39.2 Å². The van der Waals surface area contributed by atoms with Crippen molar-refractivity contribution in [2.24, 2.45) is 5.92 Å². The van der Waals surface area contributed by atoms with Gasteiger partial charge in [-0.2, -0.15) is 0 Å². The molecule has 2 atom stereocenters. The highest BCUT2D eigenvalue weighted by molar-refractivity contribution is 6.29. The maximum Gasteiger partial charge on any atom is 0.251 e. The van der Waals surface area contributed by atoms with Crippen molar-refractivity contribution in [3.05, 3.63) is 28.5 Å². The van der Waals surface area contributed by atoms with Crippen LogP contribution in [0.25, 0.3) is 0 Å². The van der Waals surface area contributed by atoms with E-state index < -0.39 is 0 Å². The molecule has 0 bridgehead atoms. The van der Waals surface area contributed by atoms with Gasteiger partial charge < -0.3 is 5.32 Å². The third-order valence-corrected chi connectivity index (χ3v) is 3.29. The van der Waals surface area contributed by atoms with Crippen LogP contribution < -0.4 is 5.32 Å². The summed E-state index contributed by atoms with van der Waals surface area (Å²) in [6.07, 6.45) is 1.07. The molecule has 0 aromatic carbocycles. The summed E-state index contributed by atoms with van der Waals surface area (Å²) in [5.74, 6) is 0.812. The SMILES string of the molecule is CC(C)c1cc(C(=O)NC2CC2C)cc(Cl)n1. The number of rotatable bonds is 3. The number of hydrogen-bond donors (Lipinski definition) is 1. The van der Waals surface area contributed by atoms with E-state index in [1.54, 1.807) is 6.07 Å². The maximum absolute atomic E-state index is 12.0. The van der Waals surface area contributed by atoms with Crippen molar-refractivity contribution in [1.29, 1.82) is 0 Å². The first kappa shape index (κ1) is 12.4. The van der Waals surface area contributed by atoms with E-state index in [0.717, 1.165) is 12.1 Å². The first-order valence-electron chi connectivity index (χ1n) is 5.95. The molecule has 0 aliphatic heterocycles. The highest BCUT2D eigenvalue weighted by atomic mass is 35.5. The fourth-order valence-electron chi connectivity index (χ4n) is 1.72. The van der Waals surface area contributed by atoms with Crippen LogP contribution >= 0.6 is 11.6 Å². The molecule has 1 aromatic rings. The summed E-state index contributed by atoms with van der Waals surface area (Å²) in [6, 6.07) is 3.77. The molecule has 1 fully saturated rings. The van der Waals surface area contributed by atoms with Gasteiger partial charge in [0.2, 0.25) is 0 Å². The molecule has 1 aliphatic rings. The van der Waals surface area contributed by atoms with Crippen LogP contribution in [0.1, 0.15) is 49.2 Å². The molecule has 2 rings (SSSR count). The number of halogens is 1. The van der Waals surface area contributed by atoms with Crippen LogP contribution in [-0.4, -0.2) is 16.9 Å². The van der Waals surface area contributed by atoms with Crippen molar-refractivity contribution < 1.29 is 4.79 Å². The summed E-state index contributed by atoms with van der Waals surface area (Å²) in [5.41, 5.74) is 1.46. The Labute approximate surface area is 107 Å². The second kappa shape index (κ2) is 4.65. The Balaban J connectivity index is 2.16. The largest absolute Gasteiger partial charge is 0.349 e. The molecule has 92 valence electrons. The van der Waals surface area contributed by atoms with Crippen LogP contribution in [0, 0.1) is 5.92 Å². The molecule has 17 heavy (non-hydrogen) atoms. The molecule has 0 radical (unpaired) electrons. The predicted octanol–water partition coefficient (Wildman–Crippen LogP) is 3.00. The summed E-state index contributed by atoms with van der Waals surface area (Å²) >= 11 is 5.93. The number of aromatic nitrogens is 1.